The maximum absolute atomic E-state index is 11.1. The molecule has 1 fully saturated rings. The van der Waals surface area contributed by atoms with E-state index in [4.69, 9.17) is 5.11 Å². The number of aliphatic carboxylic acids is 1. The molecule has 0 aliphatic heterocycles. The minimum atomic E-state index is -0.963. The van der Waals surface area contributed by atoms with Gasteiger partial charge in [-0.15, -0.1) is 0 Å². The Morgan fingerprint density at radius 2 is 2.21 bits per heavy atom. The van der Waals surface area contributed by atoms with Gasteiger partial charge in [-0.3, -0.25) is 9.59 Å². The molecule has 4 heteroatoms. The molecule has 0 bridgehead atoms. The van der Waals surface area contributed by atoms with Crippen molar-refractivity contribution in [1.82, 2.24) is 4.57 Å². The van der Waals surface area contributed by atoms with Gasteiger partial charge in [0.15, 0.2) is 0 Å². The number of nitrogens with zero attached hydrogens (tertiary/aromatic N) is 1. The lowest BCUT2D eigenvalue weighted by atomic mass is 9.65. The Kier molecular flexibility index (Phi) is 1.74. The second-order valence-electron chi connectivity index (χ2n) is 3.78. The van der Waals surface area contributed by atoms with E-state index in [1.54, 1.807) is 29.9 Å². The van der Waals surface area contributed by atoms with Crippen LogP contribution in [-0.2, 0) is 22.1 Å². The summed E-state index contributed by atoms with van der Waals surface area (Å²) in [5.41, 5.74) is -0.250. The number of ketones is 1. The summed E-state index contributed by atoms with van der Waals surface area (Å²) in [6.45, 7) is 0. The SMILES string of the molecule is Cn1cccc1C1(C(=O)O)CC(=O)C1. The van der Waals surface area contributed by atoms with E-state index in [2.05, 4.69) is 0 Å². The fourth-order valence-electron chi connectivity index (χ4n) is 2.02. The largest absolute Gasteiger partial charge is 0.481 e. The van der Waals surface area contributed by atoms with E-state index in [0.29, 0.717) is 5.69 Å². The van der Waals surface area contributed by atoms with Crippen LogP contribution in [-0.4, -0.2) is 21.4 Å². The molecular weight excluding hydrogens is 182 g/mol. The zero-order valence-electron chi connectivity index (χ0n) is 7.86. The lowest BCUT2D eigenvalue weighted by Gasteiger charge is -2.36. The highest BCUT2D eigenvalue weighted by Gasteiger charge is 2.52. The summed E-state index contributed by atoms with van der Waals surface area (Å²) in [4.78, 5) is 22.1. The Bertz CT molecular complexity index is 397. The monoisotopic (exact) mass is 193 g/mol. The third-order valence-corrected chi connectivity index (χ3v) is 2.84. The molecule has 14 heavy (non-hydrogen) atoms. The van der Waals surface area contributed by atoms with Gasteiger partial charge < -0.3 is 9.67 Å². The van der Waals surface area contributed by atoms with Crippen molar-refractivity contribution < 1.29 is 14.7 Å². The van der Waals surface area contributed by atoms with Crippen LogP contribution in [0.3, 0.4) is 0 Å². The van der Waals surface area contributed by atoms with Gasteiger partial charge in [-0.1, -0.05) is 0 Å². The summed E-state index contributed by atoms with van der Waals surface area (Å²) in [6.07, 6.45) is 2.04. The molecule has 1 aromatic rings. The summed E-state index contributed by atoms with van der Waals surface area (Å²) < 4.78 is 1.76. The van der Waals surface area contributed by atoms with E-state index < -0.39 is 11.4 Å². The highest BCUT2D eigenvalue weighted by Crippen LogP contribution is 2.41. The minimum Gasteiger partial charge on any atom is -0.481 e. The summed E-state index contributed by atoms with van der Waals surface area (Å²) in [7, 11) is 1.79. The standard InChI is InChI=1S/C10H11NO3/c1-11-4-2-3-8(11)10(9(13)14)5-7(12)6-10/h2-4H,5-6H2,1H3,(H,13,14). The van der Waals surface area contributed by atoms with E-state index in [9.17, 15) is 9.59 Å². The molecule has 74 valence electrons. The van der Waals surface area contributed by atoms with Crippen LogP contribution in [0.15, 0.2) is 18.3 Å². The molecule has 1 N–H and O–H groups in total. The molecule has 4 nitrogen and oxygen atoms in total. The van der Waals surface area contributed by atoms with Gasteiger partial charge in [-0.05, 0) is 12.1 Å². The number of hydrogen-bond acceptors (Lipinski definition) is 2. The van der Waals surface area contributed by atoms with Crippen molar-refractivity contribution in [3.05, 3.63) is 24.0 Å². The van der Waals surface area contributed by atoms with Gasteiger partial charge in [0.25, 0.3) is 0 Å². The van der Waals surface area contributed by atoms with Crippen molar-refractivity contribution in [1.29, 1.82) is 0 Å². The van der Waals surface area contributed by atoms with Crippen molar-refractivity contribution in [2.75, 3.05) is 0 Å². The highest BCUT2D eigenvalue weighted by atomic mass is 16.4. The van der Waals surface area contributed by atoms with Crippen LogP contribution < -0.4 is 0 Å². The van der Waals surface area contributed by atoms with Gasteiger partial charge >= 0.3 is 5.97 Å². The number of aromatic nitrogens is 1. The Hall–Kier alpha value is -1.58. The lowest BCUT2D eigenvalue weighted by Crippen LogP contribution is -2.49. The zero-order valence-corrected chi connectivity index (χ0v) is 7.86. The Balaban J connectivity index is 2.44. The topological polar surface area (TPSA) is 59.3 Å². The first kappa shape index (κ1) is 8.99. The van der Waals surface area contributed by atoms with E-state index in [1.165, 1.54) is 0 Å². The Morgan fingerprint density at radius 3 is 2.57 bits per heavy atom. The highest BCUT2D eigenvalue weighted by molar-refractivity contribution is 6.01. The maximum atomic E-state index is 11.1. The van der Waals surface area contributed by atoms with Crippen molar-refractivity contribution in [3.8, 4) is 0 Å². The van der Waals surface area contributed by atoms with E-state index in [-0.39, 0.29) is 18.6 Å². The first-order chi connectivity index (χ1) is 6.56. The zero-order chi connectivity index (χ0) is 10.3. The number of hydrogen-bond donors (Lipinski definition) is 1. The Morgan fingerprint density at radius 1 is 1.57 bits per heavy atom. The van der Waals surface area contributed by atoms with Crippen molar-refractivity contribution in [2.24, 2.45) is 7.05 Å². The predicted molar refractivity (Wildman–Crippen MR) is 49.0 cm³/mol. The molecule has 0 aromatic carbocycles. The van der Waals surface area contributed by atoms with Crippen LogP contribution in [0.5, 0.6) is 0 Å². The molecule has 0 unspecified atom stereocenters. The molecule has 1 aliphatic carbocycles. The van der Waals surface area contributed by atoms with Crippen LogP contribution in [0.2, 0.25) is 0 Å². The minimum absolute atomic E-state index is 0.0219. The first-order valence-electron chi connectivity index (χ1n) is 4.43. The third kappa shape index (κ3) is 0.999. The van der Waals surface area contributed by atoms with Crippen molar-refractivity contribution >= 4 is 11.8 Å². The van der Waals surface area contributed by atoms with Crippen LogP contribution in [0.4, 0.5) is 0 Å². The number of aryl methyl sites for hydroxylation is 1. The van der Waals surface area contributed by atoms with Gasteiger partial charge in [-0.2, -0.15) is 0 Å². The number of Topliss-reactive ketones (excluding diaryl/α,β-unsaturated/α-hetero) is 1. The molecule has 1 aromatic heterocycles. The number of carbonyl (C=O) groups is 2. The second kappa shape index (κ2) is 2.70. The fraction of sp³-hybridized carbons (Fsp3) is 0.400. The predicted octanol–water partition coefficient (Wildman–Crippen LogP) is 0.710. The summed E-state index contributed by atoms with van der Waals surface area (Å²) in [5.74, 6) is -0.882. The molecule has 0 spiro atoms. The Labute approximate surface area is 81.2 Å². The quantitative estimate of drug-likeness (QED) is 0.752. The van der Waals surface area contributed by atoms with Gasteiger partial charge in [0.05, 0.1) is 0 Å². The van der Waals surface area contributed by atoms with Crippen LogP contribution in [0.25, 0.3) is 0 Å². The normalized spacial score (nSPS) is 19.1. The molecule has 0 saturated heterocycles. The molecule has 0 radical (unpaired) electrons. The average Bonchev–Trinajstić information content (AvgIpc) is 2.45. The van der Waals surface area contributed by atoms with Gasteiger partial charge in [0, 0.05) is 31.8 Å². The smallest absolute Gasteiger partial charge is 0.316 e. The summed E-state index contributed by atoms with van der Waals surface area (Å²) in [5, 5.41) is 9.13. The molecule has 1 aliphatic rings. The number of carbonyl (C=O) groups excluding carboxylic acids is 1. The number of rotatable bonds is 2. The third-order valence-electron chi connectivity index (χ3n) is 2.84. The average molecular weight is 193 g/mol. The molecule has 2 rings (SSSR count). The molecule has 0 atom stereocenters. The van der Waals surface area contributed by atoms with Crippen LogP contribution in [0, 0.1) is 0 Å². The molecule has 0 amide bonds. The van der Waals surface area contributed by atoms with E-state index >= 15 is 0 Å². The first-order valence-corrected chi connectivity index (χ1v) is 4.43. The van der Waals surface area contributed by atoms with Gasteiger partial charge in [0.2, 0.25) is 0 Å². The molecule has 1 heterocycles. The molecular formula is C10H11NO3. The van der Waals surface area contributed by atoms with Crippen molar-refractivity contribution in [3.63, 3.8) is 0 Å². The maximum Gasteiger partial charge on any atom is 0.316 e. The molecule has 1 saturated carbocycles. The van der Waals surface area contributed by atoms with E-state index in [1.807, 2.05) is 0 Å². The fourth-order valence-corrected chi connectivity index (χ4v) is 2.02. The van der Waals surface area contributed by atoms with Crippen LogP contribution in [0.1, 0.15) is 18.5 Å². The number of carboxylic acid groups (broad SMARTS) is 1. The lowest BCUT2D eigenvalue weighted by molar-refractivity contribution is -0.153. The van der Waals surface area contributed by atoms with Gasteiger partial charge in [-0.25, -0.2) is 0 Å². The summed E-state index contributed by atoms with van der Waals surface area (Å²) in [6, 6.07) is 3.56. The van der Waals surface area contributed by atoms with Crippen LogP contribution >= 0.6 is 0 Å². The van der Waals surface area contributed by atoms with Crippen molar-refractivity contribution in [2.45, 2.75) is 18.3 Å². The number of carboxylic acids is 1. The summed E-state index contributed by atoms with van der Waals surface area (Å²) >= 11 is 0. The van der Waals surface area contributed by atoms with Gasteiger partial charge in [0.1, 0.15) is 11.2 Å². The van der Waals surface area contributed by atoms with E-state index in [0.717, 1.165) is 0 Å². The second-order valence-corrected chi connectivity index (χ2v) is 3.78.